The zero-order valence-electron chi connectivity index (χ0n) is 10.8. The van der Waals surface area contributed by atoms with Crippen LogP contribution in [0, 0.1) is 0 Å². The lowest BCUT2D eigenvalue weighted by Gasteiger charge is -2.21. The summed E-state index contributed by atoms with van der Waals surface area (Å²) >= 11 is 6.69. The van der Waals surface area contributed by atoms with Crippen LogP contribution >= 0.6 is 31.9 Å². The first-order valence-corrected chi connectivity index (χ1v) is 7.87. The highest BCUT2D eigenvalue weighted by molar-refractivity contribution is 9.11. The molecule has 1 atom stereocenters. The largest absolute Gasteiger partial charge is 0.336 e. The lowest BCUT2D eigenvalue weighted by atomic mass is 9.99. The summed E-state index contributed by atoms with van der Waals surface area (Å²) in [6.07, 6.45) is 0.422. The molecule has 1 aromatic rings. The number of amides is 4. The van der Waals surface area contributed by atoms with Gasteiger partial charge in [0.1, 0.15) is 5.54 Å². The quantitative estimate of drug-likeness (QED) is 0.683. The Bertz CT molecular complexity index is 644. The van der Waals surface area contributed by atoms with Gasteiger partial charge >= 0.3 is 6.03 Å². The number of carbonyl (C=O) groups excluding carboxylic acids is 3. The first-order valence-electron chi connectivity index (χ1n) is 6.29. The van der Waals surface area contributed by atoms with Crippen LogP contribution in [-0.2, 0) is 4.79 Å². The second-order valence-electron chi connectivity index (χ2n) is 5.13. The van der Waals surface area contributed by atoms with Gasteiger partial charge in [-0.3, -0.25) is 14.9 Å². The highest BCUT2D eigenvalue weighted by Crippen LogP contribution is 2.27. The van der Waals surface area contributed by atoms with Crippen LogP contribution in [0.2, 0.25) is 0 Å². The molecule has 2 heterocycles. The third-order valence-electron chi connectivity index (χ3n) is 3.68. The van der Waals surface area contributed by atoms with Crippen LogP contribution in [0.5, 0.6) is 0 Å². The Kier molecular flexibility index (Phi) is 3.53. The lowest BCUT2D eigenvalue weighted by Crippen LogP contribution is -2.49. The average Bonchev–Trinajstić information content (AvgIpc) is 2.93. The molecule has 2 N–H and O–H groups in total. The zero-order chi connectivity index (χ0) is 15.2. The number of imide groups is 1. The summed E-state index contributed by atoms with van der Waals surface area (Å²) in [7, 11) is 0. The summed E-state index contributed by atoms with van der Waals surface area (Å²) in [5.74, 6) is -0.527. The van der Waals surface area contributed by atoms with E-state index in [-0.39, 0.29) is 18.4 Å². The van der Waals surface area contributed by atoms with Crippen molar-refractivity contribution >= 4 is 49.7 Å². The Hall–Kier alpha value is -1.41. The molecule has 2 saturated heterocycles. The molecule has 0 saturated carbocycles. The van der Waals surface area contributed by atoms with Gasteiger partial charge in [-0.15, -0.1) is 0 Å². The number of hydrogen-bond acceptors (Lipinski definition) is 3. The van der Waals surface area contributed by atoms with Gasteiger partial charge in [-0.2, -0.15) is 0 Å². The van der Waals surface area contributed by atoms with Crippen LogP contribution < -0.4 is 10.6 Å². The monoisotopic (exact) mass is 415 g/mol. The topological polar surface area (TPSA) is 78.5 Å². The van der Waals surface area contributed by atoms with E-state index in [2.05, 4.69) is 42.5 Å². The summed E-state index contributed by atoms with van der Waals surface area (Å²) in [5.41, 5.74) is -0.450. The van der Waals surface area contributed by atoms with Gasteiger partial charge in [0.15, 0.2) is 0 Å². The SMILES string of the molecule is O=C1NC(=O)C2(CCN(C(=O)c3cc(Br)cc(Br)c3)C2)N1. The summed E-state index contributed by atoms with van der Waals surface area (Å²) in [6.45, 7) is 0.615. The second-order valence-corrected chi connectivity index (χ2v) is 6.96. The molecule has 21 heavy (non-hydrogen) atoms. The van der Waals surface area contributed by atoms with Crippen LogP contribution in [-0.4, -0.2) is 41.4 Å². The Labute approximate surface area is 137 Å². The summed E-state index contributed by atoms with van der Waals surface area (Å²) in [4.78, 5) is 37.3. The van der Waals surface area contributed by atoms with Crippen molar-refractivity contribution in [1.82, 2.24) is 15.5 Å². The number of benzene rings is 1. The minimum atomic E-state index is -0.976. The number of halogens is 2. The second kappa shape index (κ2) is 5.10. The minimum Gasteiger partial charge on any atom is -0.336 e. The molecule has 3 rings (SSSR count). The van der Waals surface area contributed by atoms with E-state index in [0.29, 0.717) is 18.5 Å². The van der Waals surface area contributed by atoms with Crippen molar-refractivity contribution in [2.75, 3.05) is 13.1 Å². The summed E-state index contributed by atoms with van der Waals surface area (Å²) in [6, 6.07) is 4.79. The van der Waals surface area contributed by atoms with E-state index in [1.54, 1.807) is 17.0 Å². The molecule has 1 unspecified atom stereocenters. The highest BCUT2D eigenvalue weighted by atomic mass is 79.9. The minimum absolute atomic E-state index is 0.164. The van der Waals surface area contributed by atoms with Crippen molar-refractivity contribution in [3.8, 4) is 0 Å². The summed E-state index contributed by atoms with van der Waals surface area (Å²) < 4.78 is 1.59. The van der Waals surface area contributed by atoms with Gasteiger partial charge in [-0.1, -0.05) is 31.9 Å². The van der Waals surface area contributed by atoms with E-state index < -0.39 is 11.6 Å². The predicted octanol–water partition coefficient (Wildman–Crippen LogP) is 1.64. The third-order valence-corrected chi connectivity index (χ3v) is 4.60. The fourth-order valence-electron chi connectivity index (χ4n) is 2.66. The molecule has 8 heteroatoms. The van der Waals surface area contributed by atoms with E-state index in [0.717, 1.165) is 8.95 Å². The van der Waals surface area contributed by atoms with Crippen LogP contribution in [0.3, 0.4) is 0 Å². The molecule has 4 amide bonds. The summed E-state index contributed by atoms with van der Waals surface area (Å²) in [5, 5.41) is 4.85. The first-order chi connectivity index (χ1) is 9.89. The Morgan fingerprint density at radius 2 is 1.86 bits per heavy atom. The predicted molar refractivity (Wildman–Crippen MR) is 81.8 cm³/mol. The maximum Gasteiger partial charge on any atom is 0.322 e. The number of urea groups is 1. The number of rotatable bonds is 1. The number of carbonyl (C=O) groups is 3. The van der Waals surface area contributed by atoms with Crippen molar-refractivity contribution in [3.63, 3.8) is 0 Å². The average molecular weight is 417 g/mol. The van der Waals surface area contributed by atoms with Crippen molar-refractivity contribution in [3.05, 3.63) is 32.7 Å². The van der Waals surface area contributed by atoms with Gasteiger partial charge in [0, 0.05) is 21.1 Å². The lowest BCUT2D eigenvalue weighted by molar-refractivity contribution is -0.123. The third kappa shape index (κ3) is 2.57. The van der Waals surface area contributed by atoms with Crippen LogP contribution in [0.1, 0.15) is 16.8 Å². The zero-order valence-corrected chi connectivity index (χ0v) is 14.0. The van der Waals surface area contributed by atoms with Crippen LogP contribution in [0.15, 0.2) is 27.1 Å². The van der Waals surface area contributed by atoms with Gasteiger partial charge in [-0.25, -0.2) is 4.79 Å². The standard InChI is InChI=1S/C13H11Br2N3O3/c14-8-3-7(4-9(15)5-8)10(19)18-2-1-13(6-18)11(20)16-12(21)17-13/h3-5H,1-2,6H2,(H2,16,17,20,21). The maximum atomic E-state index is 12.5. The molecule has 6 nitrogen and oxygen atoms in total. The van der Waals surface area contributed by atoms with Gasteiger partial charge in [0.25, 0.3) is 11.8 Å². The highest BCUT2D eigenvalue weighted by Gasteiger charge is 2.51. The van der Waals surface area contributed by atoms with Crippen LogP contribution in [0.4, 0.5) is 4.79 Å². The Morgan fingerprint density at radius 1 is 1.19 bits per heavy atom. The van der Waals surface area contributed by atoms with Gasteiger partial charge in [-0.05, 0) is 24.6 Å². The number of likely N-dealkylation sites (tertiary alicyclic amines) is 1. The molecule has 1 spiro atoms. The van der Waals surface area contributed by atoms with E-state index >= 15 is 0 Å². The fraction of sp³-hybridized carbons (Fsp3) is 0.308. The smallest absolute Gasteiger partial charge is 0.322 e. The normalized spacial score (nSPS) is 24.4. The van der Waals surface area contributed by atoms with Gasteiger partial charge in [0.2, 0.25) is 0 Å². The van der Waals surface area contributed by atoms with Gasteiger partial charge < -0.3 is 10.2 Å². The van der Waals surface area contributed by atoms with Crippen molar-refractivity contribution < 1.29 is 14.4 Å². The molecule has 2 aliphatic rings. The van der Waals surface area contributed by atoms with Crippen molar-refractivity contribution in [1.29, 1.82) is 0 Å². The fourth-order valence-corrected chi connectivity index (χ4v) is 3.95. The number of nitrogens with zero attached hydrogens (tertiary/aromatic N) is 1. The first kappa shape index (κ1) is 14.5. The number of hydrogen-bond donors (Lipinski definition) is 2. The molecule has 2 fully saturated rings. The molecular weight excluding hydrogens is 406 g/mol. The molecule has 2 aliphatic heterocycles. The Morgan fingerprint density at radius 3 is 2.43 bits per heavy atom. The molecule has 1 aromatic carbocycles. The maximum absolute atomic E-state index is 12.5. The van der Waals surface area contributed by atoms with Crippen molar-refractivity contribution in [2.45, 2.75) is 12.0 Å². The molecule has 0 aromatic heterocycles. The Balaban J connectivity index is 1.81. The molecule has 0 aliphatic carbocycles. The molecule has 0 bridgehead atoms. The molecule has 110 valence electrons. The van der Waals surface area contributed by atoms with E-state index in [9.17, 15) is 14.4 Å². The van der Waals surface area contributed by atoms with Crippen molar-refractivity contribution in [2.24, 2.45) is 0 Å². The van der Waals surface area contributed by atoms with E-state index in [1.165, 1.54) is 0 Å². The van der Waals surface area contributed by atoms with Gasteiger partial charge in [0.05, 0.1) is 6.54 Å². The molecule has 0 radical (unpaired) electrons. The molecular formula is C13H11Br2N3O3. The van der Waals surface area contributed by atoms with Crippen LogP contribution in [0.25, 0.3) is 0 Å². The number of nitrogens with one attached hydrogen (secondary N) is 2. The van der Waals surface area contributed by atoms with E-state index in [1.807, 2.05) is 6.07 Å². The van der Waals surface area contributed by atoms with E-state index in [4.69, 9.17) is 0 Å².